The number of aromatic nitrogens is 1. The number of para-hydroxylation sites is 1. The Morgan fingerprint density at radius 2 is 1.39 bits per heavy atom. The minimum Gasteiger partial charge on any atom is -0.494 e. The van der Waals surface area contributed by atoms with Gasteiger partial charge in [-0.1, -0.05) is 29.8 Å². The molecule has 2 N–H and O–H groups in total. The van der Waals surface area contributed by atoms with Crippen molar-refractivity contribution in [2.75, 3.05) is 32.8 Å². The molecule has 0 bridgehead atoms. The lowest BCUT2D eigenvalue weighted by Crippen LogP contribution is -2.48. The van der Waals surface area contributed by atoms with Crippen LogP contribution < -0.4 is 4.74 Å². The van der Waals surface area contributed by atoms with Crippen LogP contribution in [0.3, 0.4) is 0 Å². The number of ether oxygens (including phenoxy) is 1. The Kier molecular flexibility index (Phi) is 13.3. The summed E-state index contributed by atoms with van der Waals surface area (Å²) < 4.78 is 69.3. The first-order valence-electron chi connectivity index (χ1n) is 13.4. The number of hydrogen-bond acceptors (Lipinski definition) is 6. The third kappa shape index (κ3) is 11.5. The van der Waals surface area contributed by atoms with Crippen LogP contribution in [0, 0.1) is 5.41 Å². The number of alkyl halides is 6. The van der Waals surface area contributed by atoms with E-state index in [1.54, 1.807) is 18.3 Å². The third-order valence-electron chi connectivity index (χ3n) is 7.15. The van der Waals surface area contributed by atoms with Crippen LogP contribution in [0.2, 0.25) is 5.15 Å². The van der Waals surface area contributed by atoms with Crippen molar-refractivity contribution in [2.24, 2.45) is 5.41 Å². The summed E-state index contributed by atoms with van der Waals surface area (Å²) in [6.07, 6.45) is -4.01. The van der Waals surface area contributed by atoms with Gasteiger partial charge in [0, 0.05) is 31.4 Å². The molecule has 4 rings (SSSR count). The normalized spacial score (nSPS) is 16.6. The molecular weight excluding hydrogens is 624 g/mol. The van der Waals surface area contributed by atoms with E-state index in [2.05, 4.69) is 28.1 Å². The van der Waals surface area contributed by atoms with E-state index >= 15 is 0 Å². The van der Waals surface area contributed by atoms with Gasteiger partial charge in [-0.05, 0) is 69.3 Å². The molecule has 2 aromatic rings. The lowest BCUT2D eigenvalue weighted by molar-refractivity contribution is -0.193. The highest BCUT2D eigenvalue weighted by molar-refractivity contribution is 6.29. The molecule has 16 heteroatoms. The van der Waals surface area contributed by atoms with Gasteiger partial charge in [0.25, 0.3) is 5.91 Å². The molecule has 9 nitrogen and oxygen atoms in total. The van der Waals surface area contributed by atoms with Gasteiger partial charge in [-0.15, -0.1) is 0 Å². The van der Waals surface area contributed by atoms with Gasteiger partial charge < -0.3 is 19.8 Å². The number of carbonyl (C=O) groups excluding carboxylic acids is 1. The fraction of sp³-hybridized carbons (Fsp3) is 0.500. The summed E-state index contributed by atoms with van der Waals surface area (Å²) >= 11 is 5.84. The number of halogens is 7. The van der Waals surface area contributed by atoms with Gasteiger partial charge in [0.1, 0.15) is 10.9 Å². The zero-order valence-corrected chi connectivity index (χ0v) is 24.4. The molecular formula is C28H32ClF6N3O6. The molecule has 2 saturated heterocycles. The molecule has 44 heavy (non-hydrogen) atoms. The second-order valence-electron chi connectivity index (χ2n) is 10.1. The number of piperidine rings is 2. The van der Waals surface area contributed by atoms with E-state index in [4.69, 9.17) is 36.1 Å². The van der Waals surface area contributed by atoms with E-state index in [0.717, 1.165) is 51.3 Å². The van der Waals surface area contributed by atoms with Crippen LogP contribution in [-0.4, -0.2) is 88.0 Å². The molecule has 3 heterocycles. The molecule has 1 spiro atoms. The number of pyridine rings is 1. The Bertz CT molecular complexity index is 1220. The van der Waals surface area contributed by atoms with Crippen LogP contribution in [0.1, 0.15) is 48.5 Å². The third-order valence-corrected chi connectivity index (χ3v) is 7.38. The summed E-state index contributed by atoms with van der Waals surface area (Å²) in [4.78, 5) is 39.1. The highest BCUT2D eigenvalue weighted by Gasteiger charge is 2.40. The quantitative estimate of drug-likeness (QED) is 0.301. The number of rotatable bonds is 5. The molecule has 0 radical (unpaired) electrons. The predicted molar refractivity (Wildman–Crippen MR) is 146 cm³/mol. The van der Waals surface area contributed by atoms with Crippen LogP contribution in [-0.2, 0) is 16.1 Å². The zero-order chi connectivity index (χ0) is 33.1. The van der Waals surface area contributed by atoms with Gasteiger partial charge in [0.05, 0.1) is 12.2 Å². The van der Waals surface area contributed by atoms with Gasteiger partial charge in [-0.25, -0.2) is 14.6 Å². The van der Waals surface area contributed by atoms with E-state index in [1.165, 1.54) is 18.4 Å². The van der Waals surface area contributed by atoms with E-state index in [9.17, 15) is 31.1 Å². The summed E-state index contributed by atoms with van der Waals surface area (Å²) in [5.74, 6) is -4.44. The van der Waals surface area contributed by atoms with Gasteiger partial charge in [-0.2, -0.15) is 26.3 Å². The molecule has 0 unspecified atom stereocenters. The SMILES string of the molecule is CCOc1ccccc1CN1CCC2(CC1)CCN(C(=O)c1ccc(Cl)nc1)CC2.O=C(O)C(F)(F)F.O=C(O)C(F)(F)F. The largest absolute Gasteiger partial charge is 0.494 e. The van der Waals surface area contributed by atoms with E-state index in [-0.39, 0.29) is 5.91 Å². The number of carboxylic acid groups (broad SMARTS) is 2. The first kappa shape index (κ1) is 36.6. The molecule has 2 aliphatic rings. The summed E-state index contributed by atoms with van der Waals surface area (Å²) in [5, 5.41) is 14.7. The lowest BCUT2D eigenvalue weighted by Gasteiger charge is -2.47. The number of aliphatic carboxylic acids is 2. The molecule has 0 atom stereocenters. The Hall–Kier alpha value is -3.59. The number of amides is 1. The maximum Gasteiger partial charge on any atom is 0.490 e. The fourth-order valence-electron chi connectivity index (χ4n) is 4.73. The second kappa shape index (κ2) is 15.9. The lowest BCUT2D eigenvalue weighted by atomic mass is 9.71. The minimum absolute atomic E-state index is 0.0685. The fourth-order valence-corrected chi connectivity index (χ4v) is 4.84. The monoisotopic (exact) mass is 655 g/mol. The number of benzene rings is 1. The van der Waals surface area contributed by atoms with Gasteiger partial charge in [-0.3, -0.25) is 9.69 Å². The van der Waals surface area contributed by atoms with Crippen LogP contribution in [0.4, 0.5) is 26.3 Å². The van der Waals surface area contributed by atoms with Crippen molar-refractivity contribution in [3.05, 3.63) is 58.9 Å². The van der Waals surface area contributed by atoms with Crippen LogP contribution in [0.25, 0.3) is 0 Å². The van der Waals surface area contributed by atoms with Gasteiger partial charge in [0.2, 0.25) is 0 Å². The average Bonchev–Trinajstić information content (AvgIpc) is 2.96. The Morgan fingerprint density at radius 1 is 0.886 bits per heavy atom. The van der Waals surface area contributed by atoms with Crippen molar-refractivity contribution < 1.29 is 55.7 Å². The topological polar surface area (TPSA) is 120 Å². The Labute approximate surface area is 254 Å². The number of likely N-dealkylation sites (tertiary alicyclic amines) is 2. The van der Waals surface area contributed by atoms with Crippen molar-refractivity contribution in [3.8, 4) is 5.75 Å². The first-order chi connectivity index (χ1) is 20.5. The van der Waals surface area contributed by atoms with Crippen molar-refractivity contribution in [2.45, 2.75) is 51.5 Å². The highest BCUT2D eigenvalue weighted by Crippen LogP contribution is 2.42. The Morgan fingerprint density at radius 3 is 1.84 bits per heavy atom. The number of carbonyl (C=O) groups is 3. The molecule has 2 fully saturated rings. The summed E-state index contributed by atoms with van der Waals surface area (Å²) in [5.41, 5.74) is 2.27. The summed E-state index contributed by atoms with van der Waals surface area (Å²) in [6, 6.07) is 11.8. The molecule has 1 aromatic carbocycles. The molecule has 0 aliphatic carbocycles. The van der Waals surface area contributed by atoms with Crippen molar-refractivity contribution in [1.29, 1.82) is 0 Å². The van der Waals surface area contributed by atoms with E-state index < -0.39 is 24.3 Å². The molecule has 244 valence electrons. The van der Waals surface area contributed by atoms with Crippen molar-refractivity contribution >= 4 is 29.4 Å². The second-order valence-corrected chi connectivity index (χ2v) is 10.5. The smallest absolute Gasteiger partial charge is 0.490 e. The van der Waals surface area contributed by atoms with Gasteiger partial charge in [0.15, 0.2) is 0 Å². The summed E-state index contributed by atoms with van der Waals surface area (Å²) in [6.45, 7) is 7.54. The van der Waals surface area contributed by atoms with E-state index in [0.29, 0.717) is 22.7 Å². The van der Waals surface area contributed by atoms with E-state index in [1.807, 2.05) is 17.9 Å². The standard InChI is InChI=1S/C24H30ClN3O2.2C2HF3O2/c1-2-30-21-6-4-3-5-20(21)18-27-13-9-24(10-14-27)11-15-28(16-12-24)23(29)19-7-8-22(25)26-17-19;2*3-2(4,5)1(6)7/h3-8,17H,2,9-16,18H2,1H3;2*(H,6,7). The number of hydrogen-bond donors (Lipinski definition) is 2. The van der Waals surface area contributed by atoms with Crippen molar-refractivity contribution in [3.63, 3.8) is 0 Å². The highest BCUT2D eigenvalue weighted by atomic mass is 35.5. The molecule has 1 amide bonds. The van der Waals surface area contributed by atoms with Crippen LogP contribution in [0.15, 0.2) is 42.6 Å². The molecule has 0 saturated carbocycles. The zero-order valence-electron chi connectivity index (χ0n) is 23.6. The maximum atomic E-state index is 12.7. The number of nitrogens with zero attached hydrogens (tertiary/aromatic N) is 3. The van der Waals surface area contributed by atoms with Crippen molar-refractivity contribution in [1.82, 2.24) is 14.8 Å². The average molecular weight is 656 g/mol. The van der Waals surface area contributed by atoms with Crippen LogP contribution in [0.5, 0.6) is 5.75 Å². The molecule has 2 aliphatic heterocycles. The predicted octanol–water partition coefficient (Wildman–Crippen LogP) is 5.92. The maximum absolute atomic E-state index is 12.7. The van der Waals surface area contributed by atoms with Crippen LogP contribution >= 0.6 is 11.6 Å². The summed E-state index contributed by atoms with van der Waals surface area (Å²) in [7, 11) is 0. The first-order valence-corrected chi connectivity index (χ1v) is 13.8. The van der Waals surface area contributed by atoms with Gasteiger partial charge >= 0.3 is 24.3 Å². The molecule has 1 aromatic heterocycles. The Balaban J connectivity index is 0.000000402. The number of carboxylic acids is 2. The minimum atomic E-state index is -5.08.